The Morgan fingerprint density at radius 2 is 1.97 bits per heavy atom. The average molecular weight is 448 g/mol. The molecule has 0 aromatic heterocycles. The summed E-state index contributed by atoms with van der Waals surface area (Å²) in [6.07, 6.45) is 8.09. The monoisotopic (exact) mass is 447 g/mol. The third-order valence-electron chi connectivity index (χ3n) is 7.33. The topological polar surface area (TPSA) is 112 Å². The Hall–Kier alpha value is -1.85. The van der Waals surface area contributed by atoms with E-state index in [1.165, 1.54) is 19.3 Å². The quantitative estimate of drug-likeness (QED) is 0.623. The summed E-state index contributed by atoms with van der Waals surface area (Å²) in [5.74, 6) is 0.405. The molecule has 1 aliphatic carbocycles. The summed E-state index contributed by atoms with van der Waals surface area (Å²) < 4.78 is 5.68. The van der Waals surface area contributed by atoms with Crippen molar-refractivity contribution in [1.29, 1.82) is 5.26 Å². The molecular formula is C24H41N5O3. The molecule has 0 radical (unpaired) electrons. The van der Waals surface area contributed by atoms with Gasteiger partial charge < -0.3 is 20.7 Å². The van der Waals surface area contributed by atoms with Crippen LogP contribution in [0.1, 0.15) is 65.2 Å². The van der Waals surface area contributed by atoms with E-state index in [1.54, 1.807) is 4.90 Å². The van der Waals surface area contributed by atoms with Gasteiger partial charge in [-0.15, -0.1) is 0 Å². The van der Waals surface area contributed by atoms with Gasteiger partial charge in [0.2, 0.25) is 5.91 Å². The van der Waals surface area contributed by atoms with E-state index >= 15 is 0 Å². The van der Waals surface area contributed by atoms with Crippen LogP contribution < -0.4 is 11.1 Å². The molecule has 3 rings (SSSR count). The molecule has 0 bridgehead atoms. The molecule has 2 heterocycles. The van der Waals surface area contributed by atoms with Gasteiger partial charge in [0.25, 0.3) is 0 Å². The lowest BCUT2D eigenvalue weighted by Crippen LogP contribution is -2.62. The number of nitriles is 1. The first kappa shape index (κ1) is 24.8. The van der Waals surface area contributed by atoms with Gasteiger partial charge in [0.05, 0.1) is 31.2 Å². The zero-order valence-corrected chi connectivity index (χ0v) is 19.9. The van der Waals surface area contributed by atoms with E-state index in [2.05, 4.69) is 30.1 Å². The van der Waals surface area contributed by atoms with E-state index in [-0.39, 0.29) is 11.9 Å². The summed E-state index contributed by atoms with van der Waals surface area (Å²) in [4.78, 5) is 29.8. The molecule has 2 saturated heterocycles. The molecule has 180 valence electrons. The molecule has 8 heteroatoms. The van der Waals surface area contributed by atoms with Crippen LogP contribution in [0.5, 0.6) is 0 Å². The lowest BCUT2D eigenvalue weighted by atomic mass is 9.79. The largest absolute Gasteiger partial charge is 0.377 e. The predicted octanol–water partition coefficient (Wildman–Crippen LogP) is 2.48. The van der Waals surface area contributed by atoms with Crippen molar-refractivity contribution in [3.63, 3.8) is 0 Å². The number of amides is 3. The Kier molecular flexibility index (Phi) is 8.78. The third-order valence-corrected chi connectivity index (χ3v) is 7.33. The number of rotatable bonds is 7. The first-order valence-corrected chi connectivity index (χ1v) is 12.4. The molecule has 1 saturated carbocycles. The van der Waals surface area contributed by atoms with Crippen molar-refractivity contribution in [1.82, 2.24) is 15.1 Å². The molecule has 0 spiro atoms. The van der Waals surface area contributed by atoms with Gasteiger partial charge >= 0.3 is 6.03 Å². The number of carbonyl (C=O) groups is 2. The van der Waals surface area contributed by atoms with Gasteiger partial charge in [0.15, 0.2) is 0 Å². The minimum Gasteiger partial charge on any atom is -0.377 e. The molecule has 3 aliphatic rings. The number of nitrogens with two attached hydrogens (primary N) is 1. The highest BCUT2D eigenvalue weighted by Crippen LogP contribution is 2.33. The van der Waals surface area contributed by atoms with Crippen LogP contribution in [0.25, 0.3) is 0 Å². The molecule has 3 atom stereocenters. The Bertz CT molecular complexity index is 688. The van der Waals surface area contributed by atoms with Crippen LogP contribution in [0.15, 0.2) is 0 Å². The number of likely N-dealkylation sites (tertiary alicyclic amines) is 1. The van der Waals surface area contributed by atoms with Gasteiger partial charge in [-0.2, -0.15) is 5.26 Å². The van der Waals surface area contributed by atoms with Crippen molar-refractivity contribution < 1.29 is 14.3 Å². The number of nitrogens with one attached hydrogen (secondary N) is 1. The summed E-state index contributed by atoms with van der Waals surface area (Å²) in [6.45, 7) is 7.90. The standard InChI is InChI=1S/C24H41N5O3/c1-18(2)14-28-10-6-9-24(16-25,17-28)27-22(30)20(13-19-7-4-3-5-8-19)21-15-32-12-11-29(21)23(26)31/h18-21H,3-15,17H2,1-2H3,(H2,26,31)(H,27,30). The van der Waals surface area contributed by atoms with Gasteiger partial charge in [-0.05, 0) is 37.6 Å². The summed E-state index contributed by atoms with van der Waals surface area (Å²) in [5, 5.41) is 13.3. The van der Waals surface area contributed by atoms with Gasteiger partial charge in [-0.3, -0.25) is 9.69 Å². The molecule has 0 aromatic rings. The van der Waals surface area contributed by atoms with Crippen molar-refractivity contribution in [3.05, 3.63) is 0 Å². The van der Waals surface area contributed by atoms with Crippen LogP contribution in [0, 0.1) is 29.1 Å². The fourth-order valence-electron chi connectivity index (χ4n) is 5.82. The molecular weight excluding hydrogens is 406 g/mol. The number of hydrogen-bond donors (Lipinski definition) is 2. The van der Waals surface area contributed by atoms with Crippen LogP contribution in [-0.4, -0.2) is 72.7 Å². The van der Waals surface area contributed by atoms with E-state index in [0.717, 1.165) is 32.4 Å². The second-order valence-electron chi connectivity index (χ2n) is 10.4. The Balaban J connectivity index is 1.78. The number of urea groups is 1. The van der Waals surface area contributed by atoms with Crippen LogP contribution in [0.3, 0.4) is 0 Å². The van der Waals surface area contributed by atoms with Crippen LogP contribution >= 0.6 is 0 Å². The predicted molar refractivity (Wildman–Crippen MR) is 123 cm³/mol. The van der Waals surface area contributed by atoms with Gasteiger partial charge in [-0.25, -0.2) is 4.79 Å². The van der Waals surface area contributed by atoms with Crippen LogP contribution in [0.4, 0.5) is 4.79 Å². The first-order valence-electron chi connectivity index (χ1n) is 12.4. The zero-order valence-electron chi connectivity index (χ0n) is 19.9. The van der Waals surface area contributed by atoms with E-state index in [4.69, 9.17) is 10.5 Å². The number of hydrogen-bond acceptors (Lipinski definition) is 5. The highest BCUT2D eigenvalue weighted by Gasteiger charge is 2.43. The number of ether oxygens (including phenoxy) is 1. The molecule has 3 N–H and O–H groups in total. The smallest absolute Gasteiger partial charge is 0.315 e. The van der Waals surface area contributed by atoms with E-state index < -0.39 is 17.5 Å². The molecule has 0 aromatic carbocycles. The van der Waals surface area contributed by atoms with Crippen molar-refractivity contribution in [3.8, 4) is 6.07 Å². The molecule has 3 amide bonds. The Morgan fingerprint density at radius 3 is 2.62 bits per heavy atom. The van der Waals surface area contributed by atoms with Gasteiger partial charge in [-0.1, -0.05) is 46.0 Å². The SMILES string of the molecule is CC(C)CN1CCCC(C#N)(NC(=O)C(CC2CCCCC2)C2COCCN2C(N)=O)C1. The molecule has 8 nitrogen and oxygen atoms in total. The summed E-state index contributed by atoms with van der Waals surface area (Å²) in [7, 11) is 0. The van der Waals surface area contributed by atoms with Gasteiger partial charge in [0.1, 0.15) is 5.54 Å². The van der Waals surface area contributed by atoms with Crippen LogP contribution in [-0.2, 0) is 9.53 Å². The van der Waals surface area contributed by atoms with Crippen molar-refractivity contribution >= 4 is 11.9 Å². The molecule has 32 heavy (non-hydrogen) atoms. The fourth-order valence-corrected chi connectivity index (χ4v) is 5.82. The number of nitrogens with zero attached hydrogens (tertiary/aromatic N) is 3. The van der Waals surface area contributed by atoms with Gasteiger partial charge in [0, 0.05) is 19.6 Å². The van der Waals surface area contributed by atoms with E-state index in [9.17, 15) is 14.9 Å². The molecule has 3 unspecified atom stereocenters. The minimum atomic E-state index is -0.887. The minimum absolute atomic E-state index is 0.134. The van der Waals surface area contributed by atoms with Crippen LogP contribution in [0.2, 0.25) is 0 Å². The van der Waals surface area contributed by atoms with E-state index in [0.29, 0.717) is 51.0 Å². The second kappa shape index (κ2) is 11.3. The second-order valence-corrected chi connectivity index (χ2v) is 10.4. The van der Waals surface area contributed by atoms with Crippen molar-refractivity contribution in [2.45, 2.75) is 76.8 Å². The maximum atomic E-state index is 13.7. The number of primary amides is 1. The zero-order chi connectivity index (χ0) is 23.1. The number of morpholine rings is 1. The lowest BCUT2D eigenvalue weighted by Gasteiger charge is -2.43. The first-order chi connectivity index (χ1) is 15.3. The maximum Gasteiger partial charge on any atom is 0.315 e. The molecule has 3 fully saturated rings. The summed E-state index contributed by atoms with van der Waals surface area (Å²) >= 11 is 0. The van der Waals surface area contributed by atoms with E-state index in [1.807, 2.05) is 0 Å². The summed E-state index contributed by atoms with van der Waals surface area (Å²) in [5.41, 5.74) is 4.78. The summed E-state index contributed by atoms with van der Waals surface area (Å²) in [6, 6.07) is 1.55. The third kappa shape index (κ3) is 6.35. The Morgan fingerprint density at radius 1 is 1.22 bits per heavy atom. The normalized spacial score (nSPS) is 28.8. The number of carbonyl (C=O) groups excluding carboxylic acids is 2. The lowest BCUT2D eigenvalue weighted by molar-refractivity contribution is -0.132. The molecule has 2 aliphatic heterocycles. The van der Waals surface area contributed by atoms with Crippen molar-refractivity contribution in [2.75, 3.05) is 39.4 Å². The highest BCUT2D eigenvalue weighted by molar-refractivity contribution is 5.82. The fraction of sp³-hybridized carbons (Fsp3) is 0.875. The average Bonchev–Trinajstić information content (AvgIpc) is 2.78. The Labute approximate surface area is 192 Å². The highest BCUT2D eigenvalue weighted by atomic mass is 16.5. The number of piperidine rings is 1. The maximum absolute atomic E-state index is 13.7. The van der Waals surface area contributed by atoms with Crippen molar-refractivity contribution in [2.24, 2.45) is 23.5 Å².